The van der Waals surface area contributed by atoms with Crippen LogP contribution in [0.5, 0.6) is 5.75 Å². The molecule has 0 saturated heterocycles. The number of halogens is 2. The van der Waals surface area contributed by atoms with Gasteiger partial charge in [0.1, 0.15) is 5.75 Å². The molecule has 0 unspecified atom stereocenters. The van der Waals surface area contributed by atoms with Crippen LogP contribution in [0, 0.1) is 0 Å². The Labute approximate surface area is 109 Å². The van der Waals surface area contributed by atoms with Crippen molar-refractivity contribution in [3.63, 3.8) is 0 Å². The van der Waals surface area contributed by atoms with Gasteiger partial charge in [0, 0.05) is 12.1 Å². The molecule has 0 bridgehead atoms. The Morgan fingerprint density at radius 3 is 2.68 bits per heavy atom. The third-order valence-electron chi connectivity index (χ3n) is 3.30. The van der Waals surface area contributed by atoms with Crippen LogP contribution in [0.2, 0.25) is 0 Å². The summed E-state index contributed by atoms with van der Waals surface area (Å²) in [6.45, 7) is -2.61. The zero-order chi connectivity index (χ0) is 13.9. The highest BCUT2D eigenvalue weighted by atomic mass is 19.3. The molecule has 2 rings (SSSR count). The van der Waals surface area contributed by atoms with Crippen molar-refractivity contribution in [1.29, 1.82) is 0 Å². The minimum atomic E-state index is -2.96. The highest BCUT2D eigenvalue weighted by Gasteiger charge is 2.32. The lowest BCUT2D eigenvalue weighted by Crippen LogP contribution is -2.54. The van der Waals surface area contributed by atoms with E-state index in [0.717, 1.165) is 19.3 Å². The van der Waals surface area contributed by atoms with Crippen molar-refractivity contribution < 1.29 is 18.3 Å². The summed E-state index contributed by atoms with van der Waals surface area (Å²) in [4.78, 5) is 11.9. The smallest absolute Gasteiger partial charge is 0.387 e. The first-order valence-corrected chi connectivity index (χ1v) is 6.11. The van der Waals surface area contributed by atoms with E-state index in [-0.39, 0.29) is 16.9 Å². The number of nitrogens with one attached hydrogen (secondary N) is 1. The minimum absolute atomic E-state index is 0.0886. The summed E-state index contributed by atoms with van der Waals surface area (Å²) < 4.78 is 28.8. The lowest BCUT2D eigenvalue weighted by molar-refractivity contribution is -0.0501. The topological polar surface area (TPSA) is 64.3 Å². The fourth-order valence-electron chi connectivity index (χ4n) is 2.01. The first-order chi connectivity index (χ1) is 9.00. The predicted molar refractivity (Wildman–Crippen MR) is 66.2 cm³/mol. The molecule has 1 aromatic rings. The lowest BCUT2D eigenvalue weighted by Gasteiger charge is -2.38. The molecule has 0 spiro atoms. The number of alkyl halides is 2. The van der Waals surface area contributed by atoms with Crippen molar-refractivity contribution in [1.82, 2.24) is 5.32 Å². The van der Waals surface area contributed by atoms with E-state index in [1.54, 1.807) is 6.07 Å². The fraction of sp³-hybridized carbons (Fsp3) is 0.462. The Bertz CT molecular complexity index is 462. The molecule has 1 aliphatic rings. The Morgan fingerprint density at radius 1 is 1.42 bits per heavy atom. The number of hydrogen-bond acceptors (Lipinski definition) is 3. The zero-order valence-corrected chi connectivity index (χ0v) is 10.4. The number of ether oxygens (including phenoxy) is 1. The summed E-state index contributed by atoms with van der Waals surface area (Å²) in [5.74, 6) is -0.581. The third-order valence-corrected chi connectivity index (χ3v) is 3.30. The van der Waals surface area contributed by atoms with Gasteiger partial charge in [0.05, 0.1) is 5.56 Å². The van der Waals surface area contributed by atoms with Crippen molar-refractivity contribution in [2.75, 3.05) is 6.54 Å². The molecule has 1 aliphatic carbocycles. The van der Waals surface area contributed by atoms with Gasteiger partial charge in [0.25, 0.3) is 5.91 Å². The number of hydrogen-bond donors (Lipinski definition) is 2. The van der Waals surface area contributed by atoms with Crippen LogP contribution in [0.3, 0.4) is 0 Å². The highest BCUT2D eigenvalue weighted by molar-refractivity contribution is 5.96. The molecular weight excluding hydrogens is 254 g/mol. The van der Waals surface area contributed by atoms with E-state index < -0.39 is 12.5 Å². The minimum Gasteiger partial charge on any atom is -0.434 e. The molecule has 1 fully saturated rings. The summed E-state index contributed by atoms with van der Waals surface area (Å²) in [6, 6.07) is 5.90. The molecule has 0 radical (unpaired) electrons. The largest absolute Gasteiger partial charge is 0.434 e. The summed E-state index contributed by atoms with van der Waals surface area (Å²) in [5, 5.41) is 2.67. The number of rotatable bonds is 5. The monoisotopic (exact) mass is 270 g/mol. The van der Waals surface area contributed by atoms with Gasteiger partial charge < -0.3 is 15.8 Å². The van der Waals surface area contributed by atoms with Crippen LogP contribution >= 0.6 is 0 Å². The number of carbonyl (C=O) groups excluding carboxylic acids is 1. The molecule has 1 aromatic carbocycles. The molecule has 104 valence electrons. The summed E-state index contributed by atoms with van der Waals surface area (Å²) in [7, 11) is 0. The third kappa shape index (κ3) is 3.41. The lowest BCUT2D eigenvalue weighted by atomic mass is 9.78. The Kier molecular flexibility index (Phi) is 3.99. The van der Waals surface area contributed by atoms with Crippen molar-refractivity contribution in [2.24, 2.45) is 5.73 Å². The molecule has 3 N–H and O–H groups in total. The zero-order valence-electron chi connectivity index (χ0n) is 10.4. The molecule has 19 heavy (non-hydrogen) atoms. The van der Waals surface area contributed by atoms with Crippen molar-refractivity contribution in [3.05, 3.63) is 29.8 Å². The van der Waals surface area contributed by atoms with Crippen molar-refractivity contribution >= 4 is 5.91 Å². The second-order valence-corrected chi connectivity index (χ2v) is 4.77. The van der Waals surface area contributed by atoms with E-state index in [9.17, 15) is 13.6 Å². The van der Waals surface area contributed by atoms with Gasteiger partial charge in [-0.25, -0.2) is 0 Å². The van der Waals surface area contributed by atoms with E-state index in [1.165, 1.54) is 18.2 Å². The Balaban J connectivity index is 2.01. The normalized spacial score (nSPS) is 16.8. The van der Waals surface area contributed by atoms with E-state index in [0.29, 0.717) is 6.54 Å². The van der Waals surface area contributed by atoms with Gasteiger partial charge in [-0.15, -0.1) is 0 Å². The Hall–Kier alpha value is -1.69. The maximum atomic E-state index is 12.2. The molecule has 0 atom stereocenters. The van der Waals surface area contributed by atoms with Gasteiger partial charge in [0.15, 0.2) is 0 Å². The molecule has 0 aliphatic heterocycles. The van der Waals surface area contributed by atoms with Crippen molar-refractivity contribution in [3.8, 4) is 5.75 Å². The molecule has 0 aromatic heterocycles. The second kappa shape index (κ2) is 5.52. The fourth-order valence-corrected chi connectivity index (χ4v) is 2.01. The number of carbonyl (C=O) groups is 1. The first kappa shape index (κ1) is 13.7. The standard InChI is InChI=1S/C13H16F2N2O2/c14-12(15)19-10-5-2-1-4-9(10)11(18)17-8-13(16)6-3-7-13/h1-2,4-5,12H,3,6-8,16H2,(H,17,18). The molecule has 1 amide bonds. The molecule has 1 saturated carbocycles. The van der Waals surface area contributed by atoms with E-state index >= 15 is 0 Å². The van der Waals surface area contributed by atoms with Gasteiger partial charge in [-0.2, -0.15) is 8.78 Å². The van der Waals surface area contributed by atoms with Crippen molar-refractivity contribution in [2.45, 2.75) is 31.4 Å². The van der Waals surface area contributed by atoms with Gasteiger partial charge >= 0.3 is 6.61 Å². The van der Waals surface area contributed by atoms with Gasteiger partial charge in [-0.05, 0) is 31.4 Å². The summed E-state index contributed by atoms with van der Waals surface area (Å²) in [5.41, 5.74) is 5.72. The van der Waals surface area contributed by atoms with Gasteiger partial charge in [-0.3, -0.25) is 4.79 Å². The van der Waals surface area contributed by atoms with Crippen LogP contribution in [0.4, 0.5) is 8.78 Å². The van der Waals surface area contributed by atoms with Gasteiger partial charge in [-0.1, -0.05) is 12.1 Å². The van der Waals surface area contributed by atoms with E-state index in [2.05, 4.69) is 10.1 Å². The maximum absolute atomic E-state index is 12.2. The quantitative estimate of drug-likeness (QED) is 0.859. The SMILES string of the molecule is NC1(CNC(=O)c2ccccc2OC(F)F)CCC1. The van der Waals surface area contributed by atoms with Gasteiger partial charge in [0.2, 0.25) is 0 Å². The van der Waals surface area contributed by atoms with E-state index in [1.807, 2.05) is 0 Å². The van der Waals surface area contributed by atoms with E-state index in [4.69, 9.17) is 5.73 Å². The maximum Gasteiger partial charge on any atom is 0.387 e. The summed E-state index contributed by atoms with van der Waals surface area (Å²) >= 11 is 0. The van der Waals surface area contributed by atoms with Crippen LogP contribution in [0.1, 0.15) is 29.6 Å². The first-order valence-electron chi connectivity index (χ1n) is 6.11. The predicted octanol–water partition coefficient (Wildman–Crippen LogP) is 1.90. The number of benzene rings is 1. The second-order valence-electron chi connectivity index (χ2n) is 4.77. The summed E-state index contributed by atoms with van der Waals surface area (Å²) in [6.07, 6.45) is 2.78. The average Bonchev–Trinajstić information content (AvgIpc) is 2.33. The van der Waals surface area contributed by atoms with Crippen LogP contribution in [0.25, 0.3) is 0 Å². The van der Waals surface area contributed by atoms with Crippen LogP contribution in [-0.4, -0.2) is 24.6 Å². The van der Waals surface area contributed by atoms with Crippen LogP contribution in [0.15, 0.2) is 24.3 Å². The highest BCUT2D eigenvalue weighted by Crippen LogP contribution is 2.28. The molecule has 6 heteroatoms. The molecule has 0 heterocycles. The Morgan fingerprint density at radius 2 is 2.11 bits per heavy atom. The van der Waals surface area contributed by atoms with Crippen LogP contribution in [-0.2, 0) is 0 Å². The molecular formula is C13H16F2N2O2. The number of nitrogens with two attached hydrogens (primary N) is 1. The number of para-hydroxylation sites is 1. The average molecular weight is 270 g/mol. The molecule has 4 nitrogen and oxygen atoms in total. The number of amides is 1. The van der Waals surface area contributed by atoms with Crippen LogP contribution < -0.4 is 15.8 Å².